The molecule has 2 heterocycles. The Kier molecular flexibility index (Phi) is 2.86. The summed E-state index contributed by atoms with van der Waals surface area (Å²) in [5, 5.41) is 1.73. The van der Waals surface area contributed by atoms with Crippen LogP contribution in [0.1, 0.15) is 10.4 Å². The molecule has 2 aromatic heterocycles. The van der Waals surface area contributed by atoms with Crippen molar-refractivity contribution in [2.75, 3.05) is 0 Å². The highest BCUT2D eigenvalue weighted by Crippen LogP contribution is 2.36. The summed E-state index contributed by atoms with van der Waals surface area (Å²) in [5.41, 5.74) is 1.96. The monoisotopic (exact) mass is 289 g/mol. The fourth-order valence-corrected chi connectivity index (χ4v) is 2.42. The lowest BCUT2D eigenvalue weighted by atomic mass is 10.1. The highest BCUT2D eigenvalue weighted by atomic mass is 16.5. The maximum Gasteiger partial charge on any atom is 0.230 e. The Balaban J connectivity index is 1.90. The molecule has 0 radical (unpaired) electrons. The first-order valence-electron chi connectivity index (χ1n) is 6.84. The van der Waals surface area contributed by atoms with Crippen LogP contribution >= 0.6 is 0 Å². The number of furan rings is 1. The van der Waals surface area contributed by atoms with Crippen molar-refractivity contribution in [3.05, 3.63) is 66.4 Å². The van der Waals surface area contributed by atoms with E-state index in [1.54, 1.807) is 30.5 Å². The molecular weight excluding hydrogens is 278 g/mol. The predicted octanol–water partition coefficient (Wildman–Crippen LogP) is 4.59. The van der Waals surface area contributed by atoms with Crippen LogP contribution in [0.4, 0.5) is 0 Å². The summed E-state index contributed by atoms with van der Waals surface area (Å²) in [6.45, 7) is 0. The van der Waals surface area contributed by atoms with Crippen LogP contribution in [0.5, 0.6) is 11.5 Å². The van der Waals surface area contributed by atoms with Crippen LogP contribution in [0.2, 0.25) is 0 Å². The van der Waals surface area contributed by atoms with Crippen molar-refractivity contribution in [1.29, 1.82) is 0 Å². The summed E-state index contributed by atoms with van der Waals surface area (Å²) in [4.78, 5) is 15.2. The average Bonchev–Trinajstić information content (AvgIpc) is 3.03. The maximum atomic E-state index is 10.7. The zero-order valence-corrected chi connectivity index (χ0v) is 11.5. The zero-order valence-electron chi connectivity index (χ0n) is 11.5. The van der Waals surface area contributed by atoms with Gasteiger partial charge in [0.2, 0.25) is 5.71 Å². The number of ether oxygens (including phenoxy) is 1. The van der Waals surface area contributed by atoms with Crippen LogP contribution in [-0.4, -0.2) is 11.3 Å². The minimum Gasteiger partial charge on any atom is -0.456 e. The van der Waals surface area contributed by atoms with Crippen molar-refractivity contribution >= 4 is 28.3 Å². The summed E-state index contributed by atoms with van der Waals surface area (Å²) < 4.78 is 11.5. The molecule has 0 saturated heterocycles. The van der Waals surface area contributed by atoms with E-state index in [4.69, 9.17) is 9.15 Å². The molecule has 0 N–H and O–H groups in total. The average molecular weight is 289 g/mol. The quantitative estimate of drug-likeness (QED) is 0.518. The van der Waals surface area contributed by atoms with Crippen molar-refractivity contribution in [3.8, 4) is 11.5 Å². The van der Waals surface area contributed by atoms with Crippen molar-refractivity contribution in [2.45, 2.75) is 0 Å². The molecule has 2 aromatic carbocycles. The van der Waals surface area contributed by atoms with Crippen LogP contribution in [0.3, 0.4) is 0 Å². The Hall–Kier alpha value is -3.14. The number of carbonyl (C=O) groups is 1. The second kappa shape index (κ2) is 5.00. The van der Waals surface area contributed by atoms with Crippen molar-refractivity contribution in [1.82, 2.24) is 4.98 Å². The molecule has 0 aliphatic heterocycles. The van der Waals surface area contributed by atoms with Crippen LogP contribution in [0.15, 0.2) is 65.3 Å². The van der Waals surface area contributed by atoms with E-state index in [1.165, 1.54) is 0 Å². The van der Waals surface area contributed by atoms with E-state index in [2.05, 4.69) is 4.98 Å². The molecule has 4 rings (SSSR count). The molecule has 0 atom stereocenters. The lowest BCUT2D eigenvalue weighted by molar-refractivity contribution is 0.112. The second-order valence-corrected chi connectivity index (χ2v) is 4.89. The molecule has 4 nitrogen and oxygen atoms in total. The smallest absolute Gasteiger partial charge is 0.230 e. The Morgan fingerprint density at radius 3 is 2.59 bits per heavy atom. The number of fused-ring (bicyclic) bond motifs is 2. The number of rotatable bonds is 3. The molecule has 0 spiro atoms. The third kappa shape index (κ3) is 2.02. The van der Waals surface area contributed by atoms with E-state index in [0.717, 1.165) is 22.6 Å². The minimum atomic E-state index is 0.540. The van der Waals surface area contributed by atoms with Gasteiger partial charge in [0.15, 0.2) is 0 Å². The van der Waals surface area contributed by atoms with Gasteiger partial charge in [-0.25, -0.2) is 4.98 Å². The normalized spacial score (nSPS) is 10.9. The van der Waals surface area contributed by atoms with E-state index in [9.17, 15) is 4.79 Å². The van der Waals surface area contributed by atoms with E-state index in [-0.39, 0.29) is 0 Å². The zero-order chi connectivity index (χ0) is 14.9. The number of carbonyl (C=O) groups excluding carboxylic acids is 1. The van der Waals surface area contributed by atoms with Gasteiger partial charge in [0, 0.05) is 10.9 Å². The molecule has 0 unspecified atom stereocenters. The van der Waals surface area contributed by atoms with Crippen LogP contribution in [0.25, 0.3) is 22.0 Å². The number of para-hydroxylation sites is 1. The number of aldehydes is 1. The number of benzene rings is 2. The fourth-order valence-electron chi connectivity index (χ4n) is 2.42. The molecule has 106 valence electrons. The SMILES string of the molecule is O=Cc1ccc(Oc2c3ccccc3nc3occc23)cc1. The van der Waals surface area contributed by atoms with Gasteiger partial charge in [-0.05, 0) is 42.5 Å². The van der Waals surface area contributed by atoms with E-state index in [0.29, 0.717) is 22.8 Å². The molecule has 4 aromatic rings. The Bertz CT molecular complexity index is 971. The summed E-state index contributed by atoms with van der Waals surface area (Å²) in [7, 11) is 0. The maximum absolute atomic E-state index is 10.7. The van der Waals surface area contributed by atoms with Crippen molar-refractivity contribution in [3.63, 3.8) is 0 Å². The number of nitrogens with zero attached hydrogens (tertiary/aromatic N) is 1. The van der Waals surface area contributed by atoms with Crippen LogP contribution in [-0.2, 0) is 0 Å². The highest BCUT2D eigenvalue weighted by molar-refractivity contribution is 5.99. The minimum absolute atomic E-state index is 0.540. The Morgan fingerprint density at radius 2 is 1.77 bits per heavy atom. The number of pyridine rings is 1. The van der Waals surface area contributed by atoms with Crippen molar-refractivity contribution in [2.24, 2.45) is 0 Å². The third-order valence-corrected chi connectivity index (χ3v) is 3.50. The van der Waals surface area contributed by atoms with E-state index in [1.807, 2.05) is 30.3 Å². The number of hydrogen-bond donors (Lipinski definition) is 0. The lowest BCUT2D eigenvalue weighted by Gasteiger charge is -2.10. The first-order chi connectivity index (χ1) is 10.8. The molecule has 0 bridgehead atoms. The van der Waals surface area contributed by atoms with Gasteiger partial charge in [-0.3, -0.25) is 4.79 Å². The van der Waals surface area contributed by atoms with Gasteiger partial charge < -0.3 is 9.15 Å². The van der Waals surface area contributed by atoms with Gasteiger partial charge in [0.1, 0.15) is 17.8 Å². The first kappa shape index (κ1) is 12.6. The summed E-state index contributed by atoms with van der Waals surface area (Å²) in [5.74, 6) is 1.36. The van der Waals surface area contributed by atoms with Crippen LogP contribution in [0, 0.1) is 0 Å². The summed E-state index contributed by atoms with van der Waals surface area (Å²) >= 11 is 0. The topological polar surface area (TPSA) is 52.3 Å². The van der Waals surface area contributed by atoms with E-state index >= 15 is 0 Å². The van der Waals surface area contributed by atoms with Crippen LogP contribution < -0.4 is 4.74 Å². The van der Waals surface area contributed by atoms with Gasteiger partial charge in [0.25, 0.3) is 0 Å². The summed E-state index contributed by atoms with van der Waals surface area (Å²) in [6.07, 6.45) is 2.40. The standard InChI is InChI=1S/C18H11NO3/c20-11-12-5-7-13(8-6-12)22-17-14-3-1-2-4-16(14)19-18-15(17)9-10-21-18/h1-11H. The molecule has 0 aliphatic rings. The van der Waals surface area contributed by atoms with Gasteiger partial charge in [-0.15, -0.1) is 0 Å². The molecular formula is C18H11NO3. The Labute approximate surface area is 126 Å². The first-order valence-corrected chi connectivity index (χ1v) is 6.84. The Morgan fingerprint density at radius 1 is 0.955 bits per heavy atom. The predicted molar refractivity (Wildman–Crippen MR) is 83.4 cm³/mol. The van der Waals surface area contributed by atoms with Gasteiger partial charge in [0.05, 0.1) is 17.2 Å². The summed E-state index contributed by atoms with van der Waals surface area (Å²) in [6, 6.07) is 16.6. The molecule has 0 aliphatic carbocycles. The van der Waals surface area contributed by atoms with Gasteiger partial charge >= 0.3 is 0 Å². The molecule has 22 heavy (non-hydrogen) atoms. The fraction of sp³-hybridized carbons (Fsp3) is 0. The second-order valence-electron chi connectivity index (χ2n) is 4.89. The number of aromatic nitrogens is 1. The molecule has 0 fully saturated rings. The van der Waals surface area contributed by atoms with Gasteiger partial charge in [-0.2, -0.15) is 0 Å². The molecule has 0 amide bonds. The van der Waals surface area contributed by atoms with E-state index < -0.39 is 0 Å². The molecule has 0 saturated carbocycles. The highest BCUT2D eigenvalue weighted by Gasteiger charge is 2.13. The number of hydrogen-bond acceptors (Lipinski definition) is 4. The third-order valence-electron chi connectivity index (χ3n) is 3.50. The van der Waals surface area contributed by atoms with Crippen molar-refractivity contribution < 1.29 is 13.9 Å². The largest absolute Gasteiger partial charge is 0.456 e. The molecule has 4 heteroatoms. The lowest BCUT2D eigenvalue weighted by Crippen LogP contribution is -1.89. The van der Waals surface area contributed by atoms with Gasteiger partial charge in [-0.1, -0.05) is 12.1 Å².